The summed E-state index contributed by atoms with van der Waals surface area (Å²) < 4.78 is 22.6. The average molecular weight is 307 g/mol. The lowest BCUT2D eigenvalue weighted by atomic mass is 10.1. The van der Waals surface area contributed by atoms with Crippen molar-refractivity contribution in [2.24, 2.45) is 5.14 Å². The van der Waals surface area contributed by atoms with Crippen LogP contribution in [0.3, 0.4) is 0 Å². The molecule has 0 fully saturated rings. The number of hydrogen-bond donors (Lipinski definition) is 3. The number of nitrogens with zero attached hydrogens (tertiary/aromatic N) is 1. The first-order valence-corrected chi connectivity index (χ1v) is 7.42. The van der Waals surface area contributed by atoms with E-state index in [4.69, 9.17) is 5.14 Å². The number of aromatic nitrogens is 1. The molecular weight excluding hydrogens is 294 g/mol. The van der Waals surface area contributed by atoms with Crippen LogP contribution in [-0.4, -0.2) is 24.5 Å². The van der Waals surface area contributed by atoms with Crippen LogP contribution in [0.1, 0.15) is 16.1 Å². The van der Waals surface area contributed by atoms with Gasteiger partial charge >= 0.3 is 5.97 Å². The number of nitrogens with two attached hydrogens (primary N) is 1. The van der Waals surface area contributed by atoms with Crippen molar-refractivity contribution in [3.8, 4) is 0 Å². The van der Waals surface area contributed by atoms with Gasteiger partial charge in [-0.05, 0) is 37.3 Å². The number of aromatic carboxylic acids is 1. The molecule has 0 radical (unpaired) electrons. The number of carboxylic acids is 1. The van der Waals surface area contributed by atoms with Crippen LogP contribution in [0.15, 0.2) is 41.4 Å². The Balaban J connectivity index is 2.50. The molecule has 1 heterocycles. The first kappa shape index (κ1) is 14.9. The van der Waals surface area contributed by atoms with Gasteiger partial charge in [-0.15, -0.1) is 0 Å². The maximum Gasteiger partial charge on any atom is 0.337 e. The lowest BCUT2D eigenvalue weighted by Gasteiger charge is -2.12. The van der Waals surface area contributed by atoms with Gasteiger partial charge in [-0.25, -0.2) is 18.4 Å². The molecule has 0 aliphatic heterocycles. The first-order chi connectivity index (χ1) is 9.79. The van der Waals surface area contributed by atoms with E-state index in [1.165, 1.54) is 12.1 Å². The van der Waals surface area contributed by atoms with E-state index in [0.717, 1.165) is 6.07 Å². The fraction of sp³-hybridized carbons (Fsp3) is 0.0769. The van der Waals surface area contributed by atoms with Crippen LogP contribution >= 0.6 is 0 Å². The van der Waals surface area contributed by atoms with E-state index in [2.05, 4.69) is 10.3 Å². The molecule has 0 saturated carbocycles. The summed E-state index contributed by atoms with van der Waals surface area (Å²) in [6.07, 6.45) is 1.61. The number of sulfonamides is 1. The van der Waals surface area contributed by atoms with E-state index < -0.39 is 16.0 Å². The smallest absolute Gasteiger partial charge is 0.337 e. The van der Waals surface area contributed by atoms with Gasteiger partial charge in [0.2, 0.25) is 10.0 Å². The zero-order valence-corrected chi connectivity index (χ0v) is 11.9. The topological polar surface area (TPSA) is 122 Å². The highest BCUT2D eigenvalue weighted by Crippen LogP contribution is 2.24. The number of hydrogen-bond acceptors (Lipinski definition) is 5. The molecule has 0 amide bonds. The number of aryl methyl sites for hydroxylation is 1. The summed E-state index contributed by atoms with van der Waals surface area (Å²) in [5, 5.41) is 17.1. The summed E-state index contributed by atoms with van der Waals surface area (Å²) in [6, 6.07) is 7.06. The number of pyridine rings is 1. The standard InChI is InChI=1S/C13H13N3O4S/c1-8-11(3-2-6-15-8)16-12-5-4-9(21(14,19)20)7-10(12)13(17)18/h2-7,16H,1H3,(H,17,18)(H2,14,19,20). The minimum absolute atomic E-state index is 0.190. The highest BCUT2D eigenvalue weighted by atomic mass is 32.2. The molecule has 1 aromatic heterocycles. The fourth-order valence-corrected chi connectivity index (χ4v) is 2.29. The molecule has 21 heavy (non-hydrogen) atoms. The summed E-state index contributed by atoms with van der Waals surface area (Å²) in [5.41, 5.74) is 1.38. The first-order valence-electron chi connectivity index (χ1n) is 5.88. The molecule has 2 rings (SSSR count). The van der Waals surface area contributed by atoms with Gasteiger partial charge in [0, 0.05) is 6.20 Å². The van der Waals surface area contributed by atoms with Crippen LogP contribution in [0.5, 0.6) is 0 Å². The van der Waals surface area contributed by atoms with E-state index >= 15 is 0 Å². The summed E-state index contributed by atoms with van der Waals surface area (Å²) in [4.78, 5) is 15.1. The summed E-state index contributed by atoms with van der Waals surface area (Å²) >= 11 is 0. The third-order valence-corrected chi connectivity index (χ3v) is 3.74. The number of rotatable bonds is 4. The molecule has 0 aliphatic carbocycles. The number of carbonyl (C=O) groups is 1. The van der Waals surface area contributed by atoms with Gasteiger partial charge in [0.25, 0.3) is 0 Å². The summed E-state index contributed by atoms with van der Waals surface area (Å²) in [7, 11) is -3.96. The van der Waals surface area contributed by atoms with Crippen molar-refractivity contribution in [3.63, 3.8) is 0 Å². The van der Waals surface area contributed by atoms with Gasteiger partial charge in [0.1, 0.15) is 0 Å². The maximum absolute atomic E-state index is 11.3. The van der Waals surface area contributed by atoms with Gasteiger partial charge < -0.3 is 10.4 Å². The summed E-state index contributed by atoms with van der Waals surface area (Å²) in [6.45, 7) is 1.77. The van der Waals surface area contributed by atoms with Crippen LogP contribution in [0.25, 0.3) is 0 Å². The number of benzene rings is 1. The van der Waals surface area contributed by atoms with Crippen molar-refractivity contribution in [2.75, 3.05) is 5.32 Å². The Hall–Kier alpha value is -2.45. The highest BCUT2D eigenvalue weighted by molar-refractivity contribution is 7.89. The molecule has 0 atom stereocenters. The molecule has 0 bridgehead atoms. The monoisotopic (exact) mass is 307 g/mol. The molecule has 0 aliphatic rings. The Labute approximate surface area is 121 Å². The Morgan fingerprint density at radius 2 is 2.00 bits per heavy atom. The quantitative estimate of drug-likeness (QED) is 0.786. The Morgan fingerprint density at radius 3 is 2.57 bits per heavy atom. The highest BCUT2D eigenvalue weighted by Gasteiger charge is 2.16. The van der Waals surface area contributed by atoms with Gasteiger partial charge in [-0.1, -0.05) is 0 Å². The second-order valence-electron chi connectivity index (χ2n) is 4.32. The molecule has 1 aromatic carbocycles. The lowest BCUT2D eigenvalue weighted by molar-refractivity contribution is 0.0697. The lowest BCUT2D eigenvalue weighted by Crippen LogP contribution is -2.14. The van der Waals surface area contributed by atoms with Crippen molar-refractivity contribution < 1.29 is 18.3 Å². The second kappa shape index (κ2) is 5.51. The summed E-state index contributed by atoms with van der Waals surface area (Å²) in [5.74, 6) is -1.26. The van der Waals surface area contributed by atoms with E-state index in [0.29, 0.717) is 11.4 Å². The van der Waals surface area contributed by atoms with Gasteiger partial charge in [-0.3, -0.25) is 4.98 Å². The predicted octanol–water partition coefficient (Wildman–Crippen LogP) is 1.48. The van der Waals surface area contributed by atoms with Crippen LogP contribution < -0.4 is 10.5 Å². The number of primary sulfonamides is 1. The molecule has 4 N–H and O–H groups in total. The predicted molar refractivity (Wildman–Crippen MR) is 77.0 cm³/mol. The van der Waals surface area contributed by atoms with E-state index in [-0.39, 0.29) is 16.1 Å². The van der Waals surface area contributed by atoms with E-state index in [1.54, 1.807) is 25.3 Å². The third-order valence-electron chi connectivity index (χ3n) is 2.83. The van der Waals surface area contributed by atoms with E-state index in [1.807, 2.05) is 0 Å². The van der Waals surface area contributed by atoms with Crippen LogP contribution in [-0.2, 0) is 10.0 Å². The zero-order chi connectivity index (χ0) is 15.6. The molecule has 0 saturated heterocycles. The van der Waals surface area contributed by atoms with E-state index in [9.17, 15) is 18.3 Å². The molecule has 2 aromatic rings. The second-order valence-corrected chi connectivity index (χ2v) is 5.88. The maximum atomic E-state index is 11.3. The molecule has 8 heteroatoms. The van der Waals surface area contributed by atoms with Crippen LogP contribution in [0.2, 0.25) is 0 Å². The molecular formula is C13H13N3O4S. The molecule has 0 spiro atoms. The largest absolute Gasteiger partial charge is 0.478 e. The number of nitrogens with one attached hydrogen (secondary N) is 1. The van der Waals surface area contributed by atoms with Crippen molar-refractivity contribution in [1.29, 1.82) is 0 Å². The average Bonchev–Trinajstić information content (AvgIpc) is 2.40. The zero-order valence-electron chi connectivity index (χ0n) is 11.1. The number of carboxylic acid groups (broad SMARTS) is 1. The molecule has 110 valence electrons. The normalized spacial score (nSPS) is 11.1. The minimum atomic E-state index is -3.96. The molecule has 0 unspecified atom stereocenters. The Bertz CT molecular complexity index is 803. The van der Waals surface area contributed by atoms with Crippen molar-refractivity contribution in [2.45, 2.75) is 11.8 Å². The van der Waals surface area contributed by atoms with Crippen LogP contribution in [0, 0.1) is 6.92 Å². The molecule has 7 nitrogen and oxygen atoms in total. The van der Waals surface area contributed by atoms with Crippen molar-refractivity contribution in [1.82, 2.24) is 4.98 Å². The van der Waals surface area contributed by atoms with Gasteiger partial charge in [0.05, 0.1) is 27.5 Å². The van der Waals surface area contributed by atoms with Crippen LogP contribution in [0.4, 0.5) is 11.4 Å². The van der Waals surface area contributed by atoms with Gasteiger partial charge in [-0.2, -0.15) is 0 Å². The Morgan fingerprint density at radius 1 is 1.29 bits per heavy atom. The van der Waals surface area contributed by atoms with Crippen molar-refractivity contribution >= 4 is 27.4 Å². The number of anilines is 2. The SMILES string of the molecule is Cc1ncccc1Nc1ccc(S(N)(=O)=O)cc1C(=O)O. The Kier molecular flexibility index (Phi) is 3.92. The fourth-order valence-electron chi connectivity index (χ4n) is 1.75. The van der Waals surface area contributed by atoms with Crippen molar-refractivity contribution in [3.05, 3.63) is 47.8 Å². The minimum Gasteiger partial charge on any atom is -0.478 e. The van der Waals surface area contributed by atoms with Gasteiger partial charge in [0.15, 0.2) is 0 Å². The third kappa shape index (κ3) is 3.36.